The van der Waals surface area contributed by atoms with Crippen molar-refractivity contribution >= 4 is 11.9 Å². The molecule has 17 heavy (non-hydrogen) atoms. The molecule has 0 aromatic rings. The quantitative estimate of drug-likeness (QED) is 0.756. The van der Waals surface area contributed by atoms with Crippen molar-refractivity contribution in [2.75, 3.05) is 13.1 Å². The Labute approximate surface area is 101 Å². The van der Waals surface area contributed by atoms with Gasteiger partial charge in [0.05, 0.1) is 5.92 Å². The molecule has 5 nitrogen and oxygen atoms in total. The Morgan fingerprint density at radius 2 is 2.06 bits per heavy atom. The molecule has 0 aromatic heterocycles. The summed E-state index contributed by atoms with van der Waals surface area (Å²) in [6, 6.07) is 0. The number of carbonyl (C=O) groups excluding carboxylic acids is 1. The van der Waals surface area contributed by atoms with Crippen LogP contribution < -0.4 is 5.73 Å². The van der Waals surface area contributed by atoms with Crippen molar-refractivity contribution in [3.8, 4) is 0 Å². The van der Waals surface area contributed by atoms with E-state index < -0.39 is 11.9 Å². The topological polar surface area (TPSA) is 83.6 Å². The lowest BCUT2D eigenvalue weighted by Gasteiger charge is -2.40. The number of likely N-dealkylation sites (tertiary alicyclic amines) is 1. The highest BCUT2D eigenvalue weighted by Crippen LogP contribution is 2.33. The Kier molecular flexibility index (Phi) is 3.38. The van der Waals surface area contributed by atoms with Crippen molar-refractivity contribution in [2.45, 2.75) is 44.1 Å². The van der Waals surface area contributed by atoms with Crippen LogP contribution in [0.2, 0.25) is 0 Å². The Morgan fingerprint density at radius 3 is 2.59 bits per heavy atom. The van der Waals surface area contributed by atoms with Gasteiger partial charge in [-0.1, -0.05) is 0 Å². The minimum atomic E-state index is -0.798. The number of amides is 1. The molecular formula is C12H20N2O3. The summed E-state index contributed by atoms with van der Waals surface area (Å²) in [6.07, 6.45) is 4.75. The van der Waals surface area contributed by atoms with Crippen LogP contribution in [0.4, 0.5) is 0 Å². The number of carboxylic acid groups (broad SMARTS) is 1. The second kappa shape index (κ2) is 4.64. The van der Waals surface area contributed by atoms with Gasteiger partial charge in [0.15, 0.2) is 0 Å². The van der Waals surface area contributed by atoms with Gasteiger partial charge in [-0.05, 0) is 32.1 Å². The van der Waals surface area contributed by atoms with E-state index in [1.165, 1.54) is 0 Å². The second-order valence-electron chi connectivity index (χ2n) is 5.41. The third-order valence-electron chi connectivity index (χ3n) is 3.98. The maximum atomic E-state index is 12.0. The van der Waals surface area contributed by atoms with E-state index in [1.807, 2.05) is 0 Å². The fourth-order valence-electron chi connectivity index (χ4n) is 2.63. The van der Waals surface area contributed by atoms with Crippen molar-refractivity contribution in [1.29, 1.82) is 0 Å². The maximum absolute atomic E-state index is 12.0. The van der Waals surface area contributed by atoms with E-state index >= 15 is 0 Å². The molecule has 1 aliphatic carbocycles. The third kappa shape index (κ3) is 2.77. The van der Waals surface area contributed by atoms with Gasteiger partial charge in [0.1, 0.15) is 0 Å². The molecule has 1 amide bonds. The second-order valence-corrected chi connectivity index (χ2v) is 5.41. The first-order valence-electron chi connectivity index (χ1n) is 6.30. The number of hydrogen-bond acceptors (Lipinski definition) is 3. The van der Waals surface area contributed by atoms with E-state index in [0.29, 0.717) is 25.9 Å². The molecule has 0 spiro atoms. The van der Waals surface area contributed by atoms with Crippen molar-refractivity contribution in [1.82, 2.24) is 4.90 Å². The number of carbonyl (C=O) groups is 2. The summed E-state index contributed by atoms with van der Waals surface area (Å²) in [4.78, 5) is 24.6. The standard InChI is InChI=1S/C12H20N2O3/c13-12(4-2-5-12)7-10(15)14-6-1-3-9(8-14)11(16)17/h9H,1-8,13H2,(H,16,17)/t9-/m1/s1. The molecule has 1 atom stereocenters. The fourth-order valence-corrected chi connectivity index (χ4v) is 2.63. The average molecular weight is 240 g/mol. The lowest BCUT2D eigenvalue weighted by Crippen LogP contribution is -2.52. The molecule has 0 unspecified atom stereocenters. The number of aliphatic carboxylic acids is 1. The van der Waals surface area contributed by atoms with E-state index in [0.717, 1.165) is 25.7 Å². The summed E-state index contributed by atoms with van der Waals surface area (Å²) in [5.41, 5.74) is 5.73. The molecule has 2 aliphatic rings. The van der Waals surface area contributed by atoms with E-state index in [9.17, 15) is 9.59 Å². The van der Waals surface area contributed by atoms with Gasteiger partial charge in [0.2, 0.25) is 5.91 Å². The van der Waals surface area contributed by atoms with Crippen LogP contribution in [0, 0.1) is 5.92 Å². The van der Waals surface area contributed by atoms with Crippen LogP contribution in [0.15, 0.2) is 0 Å². The number of nitrogens with two attached hydrogens (primary N) is 1. The highest BCUT2D eigenvalue weighted by molar-refractivity contribution is 5.79. The Hall–Kier alpha value is -1.10. The molecular weight excluding hydrogens is 220 g/mol. The molecule has 0 radical (unpaired) electrons. The third-order valence-corrected chi connectivity index (χ3v) is 3.98. The van der Waals surface area contributed by atoms with Crippen molar-refractivity contribution in [3.05, 3.63) is 0 Å². The molecule has 1 saturated carbocycles. The highest BCUT2D eigenvalue weighted by atomic mass is 16.4. The molecule has 0 aromatic carbocycles. The van der Waals surface area contributed by atoms with Gasteiger partial charge in [-0.3, -0.25) is 9.59 Å². The van der Waals surface area contributed by atoms with E-state index in [1.54, 1.807) is 4.90 Å². The lowest BCUT2D eigenvalue weighted by atomic mass is 9.75. The number of carboxylic acids is 1. The zero-order chi connectivity index (χ0) is 12.5. The Bertz CT molecular complexity index is 326. The van der Waals surface area contributed by atoms with Crippen molar-refractivity contribution in [3.63, 3.8) is 0 Å². The van der Waals surface area contributed by atoms with Crippen LogP contribution in [0.3, 0.4) is 0 Å². The van der Waals surface area contributed by atoms with Gasteiger partial charge in [-0.25, -0.2) is 0 Å². The summed E-state index contributed by atoms with van der Waals surface area (Å²) >= 11 is 0. The number of piperidine rings is 1. The normalized spacial score (nSPS) is 27.4. The lowest BCUT2D eigenvalue weighted by molar-refractivity contribution is -0.146. The number of rotatable bonds is 3. The van der Waals surface area contributed by atoms with Crippen molar-refractivity contribution in [2.24, 2.45) is 11.7 Å². The summed E-state index contributed by atoms with van der Waals surface area (Å²) in [7, 11) is 0. The Morgan fingerprint density at radius 1 is 1.35 bits per heavy atom. The summed E-state index contributed by atoms with van der Waals surface area (Å²) < 4.78 is 0. The largest absolute Gasteiger partial charge is 0.481 e. The van der Waals surface area contributed by atoms with Crippen LogP contribution in [0.1, 0.15) is 38.5 Å². The first-order valence-corrected chi connectivity index (χ1v) is 6.30. The smallest absolute Gasteiger partial charge is 0.308 e. The van der Waals surface area contributed by atoms with Gasteiger partial charge in [0, 0.05) is 25.0 Å². The molecule has 1 heterocycles. The highest BCUT2D eigenvalue weighted by Gasteiger charge is 2.37. The molecule has 2 fully saturated rings. The predicted molar refractivity (Wildman–Crippen MR) is 62.3 cm³/mol. The average Bonchev–Trinajstić information content (AvgIpc) is 2.27. The SMILES string of the molecule is NC1(CC(=O)N2CCC[C@@H](C(=O)O)C2)CCC1. The monoisotopic (exact) mass is 240 g/mol. The van der Waals surface area contributed by atoms with Crippen LogP contribution in [-0.4, -0.2) is 40.5 Å². The van der Waals surface area contributed by atoms with E-state index in [-0.39, 0.29) is 11.4 Å². The fraction of sp³-hybridized carbons (Fsp3) is 0.833. The molecule has 3 N–H and O–H groups in total. The predicted octanol–water partition coefficient (Wildman–Crippen LogP) is 0.581. The molecule has 96 valence electrons. The van der Waals surface area contributed by atoms with Crippen LogP contribution in [-0.2, 0) is 9.59 Å². The molecule has 5 heteroatoms. The van der Waals surface area contributed by atoms with E-state index in [2.05, 4.69) is 0 Å². The summed E-state index contributed by atoms with van der Waals surface area (Å²) in [5, 5.41) is 8.97. The first kappa shape index (κ1) is 12.4. The van der Waals surface area contributed by atoms with Crippen LogP contribution >= 0.6 is 0 Å². The van der Waals surface area contributed by atoms with Gasteiger partial charge in [-0.15, -0.1) is 0 Å². The van der Waals surface area contributed by atoms with Crippen molar-refractivity contribution < 1.29 is 14.7 Å². The zero-order valence-electron chi connectivity index (χ0n) is 10.0. The molecule has 1 saturated heterocycles. The minimum absolute atomic E-state index is 0.0261. The summed E-state index contributed by atoms with van der Waals surface area (Å²) in [5.74, 6) is -1.17. The molecule has 1 aliphatic heterocycles. The Balaban J connectivity index is 1.88. The first-order chi connectivity index (χ1) is 8.00. The van der Waals surface area contributed by atoms with Crippen LogP contribution in [0.25, 0.3) is 0 Å². The molecule has 0 bridgehead atoms. The number of nitrogens with zero attached hydrogens (tertiary/aromatic N) is 1. The van der Waals surface area contributed by atoms with Gasteiger partial charge in [0.25, 0.3) is 0 Å². The minimum Gasteiger partial charge on any atom is -0.481 e. The zero-order valence-corrected chi connectivity index (χ0v) is 10.0. The summed E-state index contributed by atoms with van der Waals surface area (Å²) in [6.45, 7) is 1.03. The van der Waals surface area contributed by atoms with Gasteiger partial charge < -0.3 is 15.7 Å². The maximum Gasteiger partial charge on any atom is 0.308 e. The van der Waals surface area contributed by atoms with Crippen LogP contribution in [0.5, 0.6) is 0 Å². The number of hydrogen-bond donors (Lipinski definition) is 2. The van der Waals surface area contributed by atoms with Gasteiger partial charge in [-0.2, -0.15) is 0 Å². The van der Waals surface area contributed by atoms with E-state index in [4.69, 9.17) is 10.8 Å². The van der Waals surface area contributed by atoms with Gasteiger partial charge >= 0.3 is 5.97 Å². The molecule has 2 rings (SSSR count).